The number of alkyl halides is 2. The highest BCUT2D eigenvalue weighted by molar-refractivity contribution is 8.00. The summed E-state index contributed by atoms with van der Waals surface area (Å²) in [7, 11) is 0. The van der Waals surface area contributed by atoms with Crippen molar-refractivity contribution in [1.29, 1.82) is 0 Å². The molecular weight excluding hydrogens is 611 g/mol. The molecule has 3 fully saturated rings. The maximum Gasteiger partial charge on any atom is 0.248 e. The lowest BCUT2D eigenvalue weighted by Gasteiger charge is -2.46. The zero-order chi connectivity index (χ0) is 31.4. The van der Waals surface area contributed by atoms with Gasteiger partial charge in [0, 0.05) is 24.6 Å². The highest BCUT2D eigenvalue weighted by Gasteiger charge is 2.53. The van der Waals surface area contributed by atoms with E-state index in [1.165, 1.54) is 6.20 Å². The van der Waals surface area contributed by atoms with Crippen molar-refractivity contribution in [2.24, 2.45) is 0 Å². The van der Waals surface area contributed by atoms with Crippen LogP contribution in [0.25, 0.3) is 11.3 Å². The second-order valence-corrected chi connectivity index (χ2v) is 13.0. The minimum Gasteiger partial charge on any atom is -0.394 e. The fraction of sp³-hybridized carbons (Fsp3) is 0.552. The van der Waals surface area contributed by atoms with Crippen LogP contribution in [0.2, 0.25) is 0 Å². The summed E-state index contributed by atoms with van der Waals surface area (Å²) >= 11 is 0.966. The molecule has 6 atom stereocenters. The van der Waals surface area contributed by atoms with E-state index in [4.69, 9.17) is 4.74 Å². The molecule has 0 spiro atoms. The molecule has 44 heavy (non-hydrogen) atoms. The summed E-state index contributed by atoms with van der Waals surface area (Å²) in [6, 6.07) is 3.80. The number of pyridine rings is 1. The first-order valence-electron chi connectivity index (χ1n) is 14.3. The minimum atomic E-state index is -2.93. The number of hydrogen-bond donors (Lipinski definition) is 4. The predicted molar refractivity (Wildman–Crippen MR) is 147 cm³/mol. The third kappa shape index (κ3) is 5.97. The molecule has 15 heteroatoms. The molecule has 9 nitrogen and oxygen atoms in total. The Morgan fingerprint density at radius 1 is 1.05 bits per heavy atom. The SMILES string of the molecule is OC[C@H]1O[C@@H](SC(c2ncccc2C2CC2)C2(O)CCC(F)(F)CC2)[C@H](O)[C@@H](n2cc(-c3cc(F)c(F)c(F)c3)nn2)[C@H]1O. The van der Waals surface area contributed by atoms with Crippen molar-refractivity contribution >= 4 is 11.8 Å². The summed E-state index contributed by atoms with van der Waals surface area (Å²) in [6.45, 7) is -0.671. The monoisotopic (exact) mass is 642 g/mol. The highest BCUT2D eigenvalue weighted by Crippen LogP contribution is 2.55. The number of aliphatic hydroxyl groups excluding tert-OH is 3. The van der Waals surface area contributed by atoms with Gasteiger partial charge >= 0.3 is 0 Å². The summed E-state index contributed by atoms with van der Waals surface area (Å²) in [6.07, 6.45) is -1.29. The van der Waals surface area contributed by atoms with Crippen LogP contribution in [0.3, 0.4) is 0 Å². The summed E-state index contributed by atoms with van der Waals surface area (Å²) in [5, 5.41) is 51.4. The second kappa shape index (κ2) is 11.9. The molecule has 0 bridgehead atoms. The third-order valence-electron chi connectivity index (χ3n) is 8.69. The molecule has 2 aromatic heterocycles. The van der Waals surface area contributed by atoms with Crippen LogP contribution in [-0.2, 0) is 4.74 Å². The number of rotatable bonds is 8. The van der Waals surface area contributed by atoms with E-state index in [2.05, 4.69) is 15.3 Å². The Bertz CT molecular complexity index is 1480. The molecule has 3 aliphatic rings. The van der Waals surface area contributed by atoms with Crippen LogP contribution in [0, 0.1) is 17.5 Å². The first kappa shape index (κ1) is 31.3. The van der Waals surface area contributed by atoms with E-state index >= 15 is 0 Å². The van der Waals surface area contributed by atoms with E-state index in [1.807, 2.05) is 6.07 Å². The van der Waals surface area contributed by atoms with Crippen molar-refractivity contribution in [3.05, 3.63) is 65.4 Å². The fourth-order valence-corrected chi connectivity index (χ4v) is 7.64. The number of benzene rings is 1. The van der Waals surface area contributed by atoms with Gasteiger partial charge in [0.2, 0.25) is 5.92 Å². The normalized spacial score (nSPS) is 29.0. The molecule has 1 saturated heterocycles. The first-order valence-corrected chi connectivity index (χ1v) is 15.2. The summed E-state index contributed by atoms with van der Waals surface area (Å²) in [5.74, 6) is -7.27. The molecule has 3 aromatic rings. The Balaban J connectivity index is 1.34. The number of hydrogen-bond acceptors (Lipinski definition) is 9. The van der Waals surface area contributed by atoms with Crippen LogP contribution in [-0.4, -0.2) is 82.3 Å². The van der Waals surface area contributed by atoms with E-state index in [0.29, 0.717) is 5.69 Å². The van der Waals surface area contributed by atoms with Gasteiger partial charge in [-0.15, -0.1) is 16.9 Å². The lowest BCUT2D eigenvalue weighted by Crippen LogP contribution is -2.55. The zero-order valence-electron chi connectivity index (χ0n) is 23.2. The number of ether oxygens (including phenoxy) is 1. The van der Waals surface area contributed by atoms with Crippen molar-refractivity contribution in [2.45, 2.75) is 91.0 Å². The smallest absolute Gasteiger partial charge is 0.248 e. The number of thioether (sulfide) groups is 1. The largest absolute Gasteiger partial charge is 0.394 e. The van der Waals surface area contributed by atoms with E-state index in [-0.39, 0.29) is 30.0 Å². The summed E-state index contributed by atoms with van der Waals surface area (Å²) in [4.78, 5) is 4.56. The highest BCUT2D eigenvalue weighted by atomic mass is 32.2. The molecule has 0 amide bonds. The quantitative estimate of drug-likeness (QED) is 0.212. The van der Waals surface area contributed by atoms with E-state index in [9.17, 15) is 42.4 Å². The minimum absolute atomic E-state index is 0.0867. The van der Waals surface area contributed by atoms with Gasteiger partial charge in [0.15, 0.2) is 17.5 Å². The van der Waals surface area contributed by atoms with Crippen molar-refractivity contribution in [1.82, 2.24) is 20.0 Å². The lowest BCUT2D eigenvalue weighted by molar-refractivity contribution is -0.179. The molecular formula is C29H31F5N4O5S. The van der Waals surface area contributed by atoms with Gasteiger partial charge in [0.25, 0.3) is 0 Å². The molecule has 2 aliphatic carbocycles. The standard InChI is InChI=1S/C29H31F5N4O5S/c30-17-10-15(11-18(31)21(17)32)19-12-38(37-36-19)23-24(40)20(13-39)43-27(25(23)41)44-26(28(42)5-7-29(33,34)8-6-28)22-16(14-3-4-14)2-1-9-35-22/h1-2,9-12,14,20,23-27,39-42H,3-8,13H2/t20-,23+,24+,25-,26?,27+/m1/s1. The maximum absolute atomic E-state index is 14.2. The van der Waals surface area contributed by atoms with Gasteiger partial charge in [-0.25, -0.2) is 26.6 Å². The van der Waals surface area contributed by atoms with Crippen molar-refractivity contribution in [3.8, 4) is 11.3 Å². The van der Waals surface area contributed by atoms with E-state index in [1.54, 1.807) is 12.3 Å². The second-order valence-electron chi connectivity index (χ2n) is 11.8. The van der Waals surface area contributed by atoms with Gasteiger partial charge in [-0.1, -0.05) is 11.3 Å². The van der Waals surface area contributed by atoms with Gasteiger partial charge in [-0.2, -0.15) is 0 Å². The first-order chi connectivity index (χ1) is 20.9. The Kier molecular flexibility index (Phi) is 8.47. The average molecular weight is 643 g/mol. The van der Waals surface area contributed by atoms with Gasteiger partial charge in [0.05, 0.1) is 29.3 Å². The zero-order valence-corrected chi connectivity index (χ0v) is 24.1. The molecule has 238 valence electrons. The Hall–Kier alpha value is -2.69. The summed E-state index contributed by atoms with van der Waals surface area (Å²) in [5.41, 5.74) is -1.72. The van der Waals surface area contributed by atoms with Crippen LogP contribution in [0.15, 0.2) is 36.7 Å². The van der Waals surface area contributed by atoms with Gasteiger partial charge in [0.1, 0.15) is 35.5 Å². The van der Waals surface area contributed by atoms with Crippen molar-refractivity contribution in [3.63, 3.8) is 0 Å². The predicted octanol–water partition coefficient (Wildman–Crippen LogP) is 4.03. The van der Waals surface area contributed by atoms with Crippen molar-refractivity contribution in [2.75, 3.05) is 6.61 Å². The van der Waals surface area contributed by atoms with Crippen LogP contribution in [0.4, 0.5) is 22.0 Å². The van der Waals surface area contributed by atoms with Crippen LogP contribution in [0.5, 0.6) is 0 Å². The third-order valence-corrected chi connectivity index (χ3v) is 10.3. The van der Waals surface area contributed by atoms with Crippen LogP contribution >= 0.6 is 11.8 Å². The molecule has 2 saturated carbocycles. The Labute approximate surface area is 253 Å². The molecule has 1 unspecified atom stereocenters. The molecule has 0 radical (unpaired) electrons. The van der Waals surface area contributed by atoms with Crippen LogP contribution < -0.4 is 0 Å². The molecule has 1 aliphatic heterocycles. The van der Waals surface area contributed by atoms with E-state index < -0.39 is 83.5 Å². The van der Waals surface area contributed by atoms with Gasteiger partial charge < -0.3 is 25.2 Å². The number of halogens is 5. The lowest BCUT2D eigenvalue weighted by atomic mass is 9.78. The number of nitrogens with zero attached hydrogens (tertiary/aromatic N) is 4. The molecule has 3 heterocycles. The average Bonchev–Trinajstić information content (AvgIpc) is 3.74. The van der Waals surface area contributed by atoms with Gasteiger partial charge in [-0.05, 0) is 55.4 Å². The Morgan fingerprint density at radius 3 is 2.36 bits per heavy atom. The fourth-order valence-electron chi connectivity index (χ4n) is 6.03. The molecule has 1 aromatic carbocycles. The summed E-state index contributed by atoms with van der Waals surface area (Å²) < 4.78 is 76.6. The molecule has 4 N–H and O–H groups in total. The Morgan fingerprint density at radius 2 is 1.73 bits per heavy atom. The van der Waals surface area contributed by atoms with E-state index in [0.717, 1.165) is 47.0 Å². The number of aromatic nitrogens is 4. The van der Waals surface area contributed by atoms with Gasteiger partial charge in [-0.3, -0.25) is 4.98 Å². The van der Waals surface area contributed by atoms with Crippen molar-refractivity contribution < 1.29 is 47.1 Å². The van der Waals surface area contributed by atoms with Crippen LogP contribution in [0.1, 0.15) is 67.0 Å². The maximum atomic E-state index is 14.2. The number of aliphatic hydroxyl groups is 4. The molecule has 6 rings (SSSR count). The topological polar surface area (TPSA) is 134 Å².